The highest BCUT2D eigenvalue weighted by molar-refractivity contribution is 7.11. The van der Waals surface area contributed by atoms with E-state index in [1.165, 1.54) is 5.56 Å². The summed E-state index contributed by atoms with van der Waals surface area (Å²) in [6, 6.07) is 6.12. The summed E-state index contributed by atoms with van der Waals surface area (Å²) in [5, 5.41) is 7.74. The van der Waals surface area contributed by atoms with Crippen molar-refractivity contribution in [3.63, 3.8) is 0 Å². The van der Waals surface area contributed by atoms with E-state index in [0.717, 1.165) is 46.9 Å². The van der Waals surface area contributed by atoms with Gasteiger partial charge in [0.25, 0.3) is 0 Å². The van der Waals surface area contributed by atoms with E-state index in [9.17, 15) is 0 Å². The molecule has 1 aromatic heterocycles. The minimum absolute atomic E-state index is 0.621. The molecule has 0 aliphatic rings. The van der Waals surface area contributed by atoms with Crippen LogP contribution in [0.25, 0.3) is 0 Å². The Balaban J connectivity index is 1.92. The van der Waals surface area contributed by atoms with Crippen LogP contribution in [0.3, 0.4) is 0 Å². The highest BCUT2D eigenvalue weighted by Crippen LogP contribution is 2.28. The Hall–Kier alpha value is -2.28. The molecule has 0 aliphatic carbocycles. The van der Waals surface area contributed by atoms with Gasteiger partial charge in [0, 0.05) is 24.2 Å². The molecular weight excluding hydrogens is 360 g/mol. The molecule has 0 atom stereocenters. The Labute approximate surface area is 166 Å². The maximum absolute atomic E-state index is 5.70. The second-order valence-corrected chi connectivity index (χ2v) is 7.18. The third-order valence-electron chi connectivity index (χ3n) is 3.72. The summed E-state index contributed by atoms with van der Waals surface area (Å²) in [4.78, 5) is 10.1. The monoisotopic (exact) mass is 390 g/mol. The van der Waals surface area contributed by atoms with Gasteiger partial charge in [-0.3, -0.25) is 0 Å². The lowest BCUT2D eigenvalue weighted by Gasteiger charge is -2.14. The molecule has 27 heavy (non-hydrogen) atoms. The van der Waals surface area contributed by atoms with Crippen LogP contribution in [0.5, 0.6) is 11.5 Å². The summed E-state index contributed by atoms with van der Waals surface area (Å²) < 4.78 is 11.3. The number of aliphatic imine (C=N–C) groups is 1. The van der Waals surface area contributed by atoms with Crippen molar-refractivity contribution >= 4 is 17.3 Å². The van der Waals surface area contributed by atoms with Crippen molar-refractivity contribution in [3.8, 4) is 11.5 Å². The minimum Gasteiger partial charge on any atom is -0.490 e. The van der Waals surface area contributed by atoms with E-state index < -0.39 is 0 Å². The Bertz CT molecular complexity index is 731. The Kier molecular flexibility index (Phi) is 8.91. The second-order valence-electron chi connectivity index (χ2n) is 5.86. The highest BCUT2D eigenvalue weighted by Gasteiger charge is 2.06. The molecule has 0 bridgehead atoms. The van der Waals surface area contributed by atoms with Crippen molar-refractivity contribution in [2.24, 2.45) is 4.99 Å². The number of benzene rings is 1. The van der Waals surface area contributed by atoms with Gasteiger partial charge in [0.05, 0.1) is 24.8 Å². The normalized spacial score (nSPS) is 11.3. The first-order valence-corrected chi connectivity index (χ1v) is 10.3. The molecule has 0 fully saturated rings. The molecule has 0 spiro atoms. The number of nitrogens with zero attached hydrogens (tertiary/aromatic N) is 2. The average molecular weight is 391 g/mol. The summed E-state index contributed by atoms with van der Waals surface area (Å²) >= 11 is 1.68. The predicted octanol–water partition coefficient (Wildman–Crippen LogP) is 3.55. The van der Waals surface area contributed by atoms with Crippen LogP contribution in [-0.2, 0) is 13.0 Å². The minimum atomic E-state index is 0.621. The van der Waals surface area contributed by atoms with Crippen LogP contribution in [0.2, 0.25) is 0 Å². The van der Waals surface area contributed by atoms with Gasteiger partial charge < -0.3 is 20.1 Å². The van der Waals surface area contributed by atoms with Gasteiger partial charge in [-0.15, -0.1) is 11.3 Å². The molecule has 0 amide bonds. The van der Waals surface area contributed by atoms with Gasteiger partial charge in [-0.2, -0.15) is 0 Å². The van der Waals surface area contributed by atoms with Crippen LogP contribution in [0.4, 0.5) is 0 Å². The van der Waals surface area contributed by atoms with E-state index in [0.29, 0.717) is 19.8 Å². The SMILES string of the molecule is CCNC(=NCc1cnc(C)s1)NCCc1ccc(OCC)c(OCC)c1. The number of nitrogens with one attached hydrogen (secondary N) is 2. The summed E-state index contributed by atoms with van der Waals surface area (Å²) in [5.74, 6) is 2.42. The van der Waals surface area contributed by atoms with E-state index in [1.807, 2.05) is 33.0 Å². The zero-order valence-corrected chi connectivity index (χ0v) is 17.5. The lowest BCUT2D eigenvalue weighted by molar-refractivity contribution is 0.287. The molecule has 2 aromatic rings. The van der Waals surface area contributed by atoms with Crippen LogP contribution in [0.15, 0.2) is 29.4 Å². The van der Waals surface area contributed by atoms with Gasteiger partial charge in [0.1, 0.15) is 0 Å². The summed E-state index contributed by atoms with van der Waals surface area (Å²) in [5.41, 5.74) is 1.20. The molecule has 2 rings (SSSR count). The van der Waals surface area contributed by atoms with Crippen LogP contribution in [-0.4, -0.2) is 37.2 Å². The van der Waals surface area contributed by atoms with E-state index in [1.54, 1.807) is 11.3 Å². The largest absolute Gasteiger partial charge is 0.490 e. The molecule has 1 heterocycles. The van der Waals surface area contributed by atoms with Gasteiger partial charge >= 0.3 is 0 Å². The van der Waals surface area contributed by atoms with E-state index in [-0.39, 0.29) is 0 Å². The summed E-state index contributed by atoms with van der Waals surface area (Å²) in [6.45, 7) is 11.5. The smallest absolute Gasteiger partial charge is 0.191 e. The second kappa shape index (κ2) is 11.4. The number of hydrogen-bond donors (Lipinski definition) is 2. The Morgan fingerprint density at radius 1 is 1.11 bits per heavy atom. The summed E-state index contributed by atoms with van der Waals surface area (Å²) in [7, 11) is 0. The zero-order valence-electron chi connectivity index (χ0n) is 16.7. The van der Waals surface area contributed by atoms with Gasteiger partial charge in [0.2, 0.25) is 0 Å². The number of ether oxygens (including phenoxy) is 2. The first kappa shape index (κ1) is 21.0. The number of aromatic nitrogens is 1. The first-order chi connectivity index (χ1) is 13.2. The maximum atomic E-state index is 5.70. The third kappa shape index (κ3) is 7.09. The number of aryl methyl sites for hydroxylation is 1. The van der Waals surface area contributed by atoms with Crippen molar-refractivity contribution in [2.75, 3.05) is 26.3 Å². The number of guanidine groups is 1. The van der Waals surface area contributed by atoms with Crippen LogP contribution in [0.1, 0.15) is 36.2 Å². The van der Waals surface area contributed by atoms with E-state index >= 15 is 0 Å². The number of thiazole rings is 1. The quantitative estimate of drug-likeness (QED) is 0.480. The molecule has 7 heteroatoms. The molecule has 0 radical (unpaired) electrons. The fourth-order valence-electron chi connectivity index (χ4n) is 2.55. The molecule has 6 nitrogen and oxygen atoms in total. The van der Waals surface area contributed by atoms with Crippen molar-refractivity contribution in [1.29, 1.82) is 0 Å². The maximum Gasteiger partial charge on any atom is 0.191 e. The van der Waals surface area contributed by atoms with Crippen molar-refractivity contribution < 1.29 is 9.47 Å². The van der Waals surface area contributed by atoms with Gasteiger partial charge in [-0.05, 0) is 51.8 Å². The zero-order chi connectivity index (χ0) is 19.5. The van der Waals surface area contributed by atoms with Gasteiger partial charge in [-0.1, -0.05) is 6.07 Å². The predicted molar refractivity (Wildman–Crippen MR) is 112 cm³/mol. The Morgan fingerprint density at radius 2 is 1.89 bits per heavy atom. The number of rotatable bonds is 10. The molecule has 1 aromatic carbocycles. The van der Waals surface area contributed by atoms with Crippen molar-refractivity contribution in [3.05, 3.63) is 39.8 Å². The first-order valence-electron chi connectivity index (χ1n) is 9.48. The molecule has 2 N–H and O–H groups in total. The van der Waals surface area contributed by atoms with E-state index in [4.69, 9.17) is 9.47 Å². The molecule has 148 valence electrons. The fourth-order valence-corrected chi connectivity index (χ4v) is 3.27. The number of hydrogen-bond acceptors (Lipinski definition) is 5. The third-order valence-corrected chi connectivity index (χ3v) is 4.62. The summed E-state index contributed by atoms with van der Waals surface area (Å²) in [6.07, 6.45) is 2.76. The lowest BCUT2D eigenvalue weighted by Crippen LogP contribution is -2.38. The average Bonchev–Trinajstić information content (AvgIpc) is 3.07. The van der Waals surface area contributed by atoms with Gasteiger partial charge in [0.15, 0.2) is 17.5 Å². The van der Waals surface area contributed by atoms with Crippen LogP contribution < -0.4 is 20.1 Å². The fraction of sp³-hybridized carbons (Fsp3) is 0.500. The van der Waals surface area contributed by atoms with Crippen LogP contribution in [0, 0.1) is 6.92 Å². The molecule has 0 saturated heterocycles. The van der Waals surface area contributed by atoms with E-state index in [2.05, 4.69) is 39.7 Å². The van der Waals surface area contributed by atoms with Gasteiger partial charge in [-0.25, -0.2) is 9.98 Å². The lowest BCUT2D eigenvalue weighted by atomic mass is 10.1. The standard InChI is InChI=1S/C20H30N4O2S/c1-5-21-20(24-14-17-13-23-15(4)27-17)22-11-10-16-8-9-18(25-6-2)19(12-16)26-7-3/h8-9,12-13H,5-7,10-11,14H2,1-4H3,(H2,21,22,24). The molecular formula is C20H30N4O2S. The molecule has 0 aliphatic heterocycles. The molecule has 0 saturated carbocycles. The Morgan fingerprint density at radius 3 is 2.56 bits per heavy atom. The van der Waals surface area contributed by atoms with Crippen molar-refractivity contribution in [2.45, 2.75) is 40.7 Å². The highest BCUT2D eigenvalue weighted by atomic mass is 32.1. The molecule has 0 unspecified atom stereocenters. The topological polar surface area (TPSA) is 67.8 Å². The van der Waals surface area contributed by atoms with Crippen molar-refractivity contribution in [1.82, 2.24) is 15.6 Å². The van der Waals surface area contributed by atoms with Crippen LogP contribution >= 0.6 is 11.3 Å².